The molecular weight excluding hydrogens is 250 g/mol. The third-order valence-electron chi connectivity index (χ3n) is 5.02. The van der Waals surface area contributed by atoms with E-state index < -0.39 is 0 Å². The SMILES string of the molecule is CCn1cc(CC(O)C(CC)(CC)N2CCCC2)cn1. The van der Waals surface area contributed by atoms with Gasteiger partial charge in [-0.2, -0.15) is 5.10 Å². The molecule has 0 bridgehead atoms. The molecule has 2 heterocycles. The van der Waals surface area contributed by atoms with Crippen molar-refractivity contribution in [1.29, 1.82) is 0 Å². The molecule has 2 rings (SSSR count). The lowest BCUT2D eigenvalue weighted by Gasteiger charge is -2.44. The van der Waals surface area contributed by atoms with Gasteiger partial charge in [0.25, 0.3) is 0 Å². The molecule has 1 fully saturated rings. The third-order valence-corrected chi connectivity index (χ3v) is 5.02. The molecule has 4 nitrogen and oxygen atoms in total. The number of hydrogen-bond acceptors (Lipinski definition) is 3. The van der Waals surface area contributed by atoms with Gasteiger partial charge in [0.2, 0.25) is 0 Å². The molecule has 0 aliphatic carbocycles. The first-order valence-corrected chi connectivity index (χ1v) is 8.10. The van der Waals surface area contributed by atoms with E-state index in [2.05, 4.69) is 37.0 Å². The van der Waals surface area contributed by atoms with Gasteiger partial charge in [-0.05, 0) is 51.3 Å². The van der Waals surface area contributed by atoms with Crippen LogP contribution in [0.1, 0.15) is 52.0 Å². The van der Waals surface area contributed by atoms with Gasteiger partial charge in [-0.3, -0.25) is 9.58 Å². The fourth-order valence-electron chi connectivity index (χ4n) is 3.64. The summed E-state index contributed by atoms with van der Waals surface area (Å²) in [5.41, 5.74) is 1.08. The van der Waals surface area contributed by atoms with E-state index in [-0.39, 0.29) is 11.6 Å². The molecule has 1 aromatic heterocycles. The molecule has 1 N–H and O–H groups in total. The van der Waals surface area contributed by atoms with E-state index in [0.29, 0.717) is 6.42 Å². The molecule has 4 heteroatoms. The maximum Gasteiger partial charge on any atom is 0.0765 e. The molecule has 0 spiro atoms. The Morgan fingerprint density at radius 3 is 2.40 bits per heavy atom. The maximum atomic E-state index is 10.9. The molecule has 1 aromatic rings. The number of aromatic nitrogens is 2. The van der Waals surface area contributed by atoms with Crippen molar-refractivity contribution in [2.75, 3.05) is 13.1 Å². The van der Waals surface area contributed by atoms with Crippen LogP contribution in [0.3, 0.4) is 0 Å². The highest BCUT2D eigenvalue weighted by Gasteiger charge is 2.41. The lowest BCUT2D eigenvalue weighted by Crippen LogP contribution is -2.55. The summed E-state index contributed by atoms with van der Waals surface area (Å²) in [6.45, 7) is 9.65. The Morgan fingerprint density at radius 2 is 1.90 bits per heavy atom. The number of rotatable bonds is 7. The quantitative estimate of drug-likeness (QED) is 0.833. The largest absolute Gasteiger partial charge is 0.391 e. The van der Waals surface area contributed by atoms with Gasteiger partial charge in [0.15, 0.2) is 0 Å². The number of aliphatic hydroxyl groups excluding tert-OH is 1. The highest BCUT2D eigenvalue weighted by molar-refractivity contribution is 5.09. The molecule has 0 radical (unpaired) electrons. The number of hydrogen-bond donors (Lipinski definition) is 1. The van der Waals surface area contributed by atoms with Gasteiger partial charge in [0.05, 0.1) is 12.3 Å². The lowest BCUT2D eigenvalue weighted by atomic mass is 9.82. The fraction of sp³-hybridized carbons (Fsp3) is 0.812. The molecular formula is C16H29N3O. The molecule has 1 aliphatic heterocycles. The first-order chi connectivity index (χ1) is 9.66. The van der Waals surface area contributed by atoms with Crippen molar-refractivity contribution < 1.29 is 5.11 Å². The van der Waals surface area contributed by atoms with Crippen molar-refractivity contribution in [3.63, 3.8) is 0 Å². The van der Waals surface area contributed by atoms with Gasteiger partial charge in [-0.25, -0.2) is 0 Å². The lowest BCUT2D eigenvalue weighted by molar-refractivity contribution is -0.0270. The van der Waals surface area contributed by atoms with Crippen molar-refractivity contribution in [3.05, 3.63) is 18.0 Å². The summed E-state index contributed by atoms with van der Waals surface area (Å²) in [5.74, 6) is 0. The first-order valence-electron chi connectivity index (χ1n) is 8.10. The Hall–Kier alpha value is -0.870. The smallest absolute Gasteiger partial charge is 0.0765 e. The molecule has 1 atom stereocenters. The second-order valence-corrected chi connectivity index (χ2v) is 5.93. The third kappa shape index (κ3) is 2.91. The van der Waals surface area contributed by atoms with E-state index >= 15 is 0 Å². The van der Waals surface area contributed by atoms with E-state index in [4.69, 9.17) is 0 Å². The zero-order chi connectivity index (χ0) is 14.6. The van der Waals surface area contributed by atoms with E-state index in [9.17, 15) is 5.11 Å². The first kappa shape index (κ1) is 15.5. The average Bonchev–Trinajstić information content (AvgIpc) is 3.12. The number of aryl methyl sites for hydroxylation is 1. The summed E-state index contributed by atoms with van der Waals surface area (Å²) < 4.78 is 1.93. The van der Waals surface area contributed by atoms with Crippen molar-refractivity contribution in [1.82, 2.24) is 14.7 Å². The van der Waals surface area contributed by atoms with Crippen LogP contribution in [0.4, 0.5) is 0 Å². The van der Waals surface area contributed by atoms with Gasteiger partial charge >= 0.3 is 0 Å². The Bertz CT molecular complexity index is 406. The number of likely N-dealkylation sites (tertiary alicyclic amines) is 1. The van der Waals surface area contributed by atoms with Crippen LogP contribution in [-0.4, -0.2) is 44.5 Å². The maximum absolute atomic E-state index is 10.9. The molecule has 0 aromatic carbocycles. The average molecular weight is 279 g/mol. The second-order valence-electron chi connectivity index (χ2n) is 5.93. The molecule has 1 aliphatic rings. The fourth-order valence-corrected chi connectivity index (χ4v) is 3.64. The summed E-state index contributed by atoms with van der Waals surface area (Å²) in [6.07, 6.45) is 8.89. The predicted octanol–water partition coefficient (Wildman–Crippen LogP) is 2.46. The van der Waals surface area contributed by atoms with E-state index in [0.717, 1.165) is 38.0 Å². The minimum atomic E-state index is -0.315. The van der Waals surface area contributed by atoms with Crippen molar-refractivity contribution in [3.8, 4) is 0 Å². The van der Waals surface area contributed by atoms with Crippen LogP contribution in [-0.2, 0) is 13.0 Å². The Labute approximate surface area is 122 Å². The predicted molar refractivity (Wildman–Crippen MR) is 81.7 cm³/mol. The van der Waals surface area contributed by atoms with Gasteiger partial charge in [-0.1, -0.05) is 13.8 Å². The number of aliphatic hydroxyl groups is 1. The Morgan fingerprint density at radius 1 is 1.25 bits per heavy atom. The normalized spacial score (nSPS) is 18.6. The summed E-state index contributed by atoms with van der Waals surface area (Å²) >= 11 is 0. The van der Waals surface area contributed by atoms with Crippen LogP contribution in [0.5, 0.6) is 0 Å². The number of nitrogens with zero attached hydrogens (tertiary/aromatic N) is 3. The van der Waals surface area contributed by atoms with Crippen LogP contribution < -0.4 is 0 Å². The van der Waals surface area contributed by atoms with Crippen LogP contribution >= 0.6 is 0 Å². The Balaban J connectivity index is 2.11. The molecule has 0 saturated carbocycles. The zero-order valence-corrected chi connectivity index (χ0v) is 13.2. The topological polar surface area (TPSA) is 41.3 Å². The highest BCUT2D eigenvalue weighted by atomic mass is 16.3. The van der Waals surface area contributed by atoms with Crippen molar-refractivity contribution >= 4 is 0 Å². The van der Waals surface area contributed by atoms with Crippen LogP contribution in [0.15, 0.2) is 12.4 Å². The standard InChI is InChI=1S/C16H29N3O/c1-4-16(5-2,18-9-7-8-10-18)15(20)11-14-12-17-19(6-3)13-14/h12-13,15,20H,4-11H2,1-3H3. The van der Waals surface area contributed by atoms with Gasteiger partial charge in [0, 0.05) is 24.7 Å². The van der Waals surface area contributed by atoms with Crippen LogP contribution in [0.25, 0.3) is 0 Å². The molecule has 114 valence electrons. The Kier molecular flexibility index (Phi) is 5.22. The minimum absolute atomic E-state index is 0.0647. The van der Waals surface area contributed by atoms with Crippen LogP contribution in [0, 0.1) is 0 Å². The minimum Gasteiger partial charge on any atom is -0.391 e. The molecule has 1 saturated heterocycles. The van der Waals surface area contributed by atoms with Crippen molar-refractivity contribution in [2.24, 2.45) is 0 Å². The van der Waals surface area contributed by atoms with E-state index in [1.54, 1.807) is 0 Å². The zero-order valence-electron chi connectivity index (χ0n) is 13.2. The van der Waals surface area contributed by atoms with Gasteiger partial charge in [-0.15, -0.1) is 0 Å². The molecule has 1 unspecified atom stereocenters. The molecule has 20 heavy (non-hydrogen) atoms. The van der Waals surface area contributed by atoms with Crippen LogP contribution in [0.2, 0.25) is 0 Å². The van der Waals surface area contributed by atoms with Crippen molar-refractivity contribution in [2.45, 2.75) is 71.1 Å². The summed E-state index contributed by atoms with van der Waals surface area (Å²) in [6, 6.07) is 0. The van der Waals surface area contributed by atoms with Gasteiger partial charge in [0.1, 0.15) is 0 Å². The summed E-state index contributed by atoms with van der Waals surface area (Å²) in [7, 11) is 0. The monoisotopic (exact) mass is 279 g/mol. The van der Waals surface area contributed by atoms with E-state index in [1.165, 1.54) is 12.8 Å². The van der Waals surface area contributed by atoms with E-state index in [1.807, 2.05) is 10.9 Å². The summed E-state index contributed by atoms with van der Waals surface area (Å²) in [4.78, 5) is 2.52. The second kappa shape index (κ2) is 6.72. The summed E-state index contributed by atoms with van der Waals surface area (Å²) in [5, 5.41) is 15.2. The van der Waals surface area contributed by atoms with Gasteiger partial charge < -0.3 is 5.11 Å². The molecule has 0 amide bonds. The highest BCUT2D eigenvalue weighted by Crippen LogP contribution is 2.33.